The number of nitrogens with zero attached hydrogens (tertiary/aromatic N) is 3. The minimum absolute atomic E-state index is 0. The molecule has 1 aromatic heterocycles. The molecule has 2 aromatic rings. The van der Waals surface area contributed by atoms with Gasteiger partial charge in [0.15, 0.2) is 0 Å². The molecule has 2 heterocycles. The third-order valence-electron chi connectivity index (χ3n) is 3.80. The van der Waals surface area contributed by atoms with E-state index in [1.165, 1.54) is 25.9 Å². The zero-order valence-electron chi connectivity index (χ0n) is 11.7. The third kappa shape index (κ3) is 3.58. The van der Waals surface area contributed by atoms with Gasteiger partial charge in [-0.2, -0.15) is 0 Å². The summed E-state index contributed by atoms with van der Waals surface area (Å²) in [4.78, 5) is 10.6. The number of rotatable bonds is 3. The molecule has 1 aliphatic rings. The van der Waals surface area contributed by atoms with Crippen molar-refractivity contribution in [3.63, 3.8) is 0 Å². The minimum atomic E-state index is 0. The summed E-state index contributed by atoms with van der Waals surface area (Å²) in [6.07, 6.45) is 5.85. The lowest BCUT2D eigenvalue weighted by Crippen LogP contribution is -2.32. The second kappa shape index (κ2) is 6.86. The van der Waals surface area contributed by atoms with Crippen molar-refractivity contribution >= 4 is 23.3 Å². The molecule has 3 rings (SSSR count). The van der Waals surface area contributed by atoms with Crippen LogP contribution in [0.4, 0.5) is 0 Å². The number of ether oxygens (including phenoxy) is 1. The van der Waals surface area contributed by atoms with E-state index in [2.05, 4.69) is 21.9 Å². The number of fused-ring (bicyclic) bond motifs is 1. The summed E-state index contributed by atoms with van der Waals surface area (Å²) in [6, 6.07) is 6.01. The predicted octanol–water partition coefficient (Wildman–Crippen LogP) is 2.77. The van der Waals surface area contributed by atoms with Crippen molar-refractivity contribution in [2.24, 2.45) is 5.92 Å². The molecule has 0 amide bonds. The lowest BCUT2D eigenvalue weighted by atomic mass is 9.98. The van der Waals surface area contributed by atoms with Gasteiger partial charge in [0.1, 0.15) is 12.1 Å². The van der Waals surface area contributed by atoms with Gasteiger partial charge in [0.2, 0.25) is 0 Å². The van der Waals surface area contributed by atoms with Crippen LogP contribution in [0.25, 0.3) is 10.9 Å². The molecule has 4 nitrogen and oxygen atoms in total. The number of hydrogen-bond acceptors (Lipinski definition) is 4. The summed E-state index contributed by atoms with van der Waals surface area (Å²) in [7, 11) is 2.18. The van der Waals surface area contributed by atoms with Gasteiger partial charge in [-0.1, -0.05) is 0 Å². The summed E-state index contributed by atoms with van der Waals surface area (Å²) < 4.78 is 5.91. The summed E-state index contributed by atoms with van der Waals surface area (Å²) in [6.45, 7) is 3.17. The van der Waals surface area contributed by atoms with Crippen LogP contribution >= 0.6 is 12.4 Å². The van der Waals surface area contributed by atoms with Crippen molar-refractivity contribution in [1.82, 2.24) is 14.9 Å². The first-order chi connectivity index (χ1) is 9.31. The largest absolute Gasteiger partial charge is 0.493 e. The zero-order chi connectivity index (χ0) is 13.1. The van der Waals surface area contributed by atoms with Crippen molar-refractivity contribution in [3.05, 3.63) is 30.7 Å². The zero-order valence-corrected chi connectivity index (χ0v) is 12.5. The van der Waals surface area contributed by atoms with Crippen molar-refractivity contribution in [3.8, 4) is 5.75 Å². The molecule has 1 aliphatic heterocycles. The van der Waals surface area contributed by atoms with Gasteiger partial charge in [0, 0.05) is 17.6 Å². The Bertz CT molecular complexity index is 556. The van der Waals surface area contributed by atoms with E-state index in [9.17, 15) is 0 Å². The summed E-state index contributed by atoms with van der Waals surface area (Å²) in [5.41, 5.74) is 0.941. The maximum Gasteiger partial charge on any atom is 0.121 e. The van der Waals surface area contributed by atoms with Crippen LogP contribution in [0.1, 0.15) is 12.8 Å². The highest BCUT2D eigenvalue weighted by molar-refractivity contribution is 5.85. The second-order valence-corrected chi connectivity index (χ2v) is 5.30. The monoisotopic (exact) mass is 293 g/mol. The minimum Gasteiger partial charge on any atom is -0.493 e. The molecule has 5 heteroatoms. The fourth-order valence-electron chi connectivity index (χ4n) is 2.49. The highest BCUT2D eigenvalue weighted by atomic mass is 35.5. The van der Waals surface area contributed by atoms with Crippen LogP contribution in [0, 0.1) is 5.92 Å². The van der Waals surface area contributed by atoms with Crippen LogP contribution in [0.3, 0.4) is 0 Å². The van der Waals surface area contributed by atoms with Gasteiger partial charge < -0.3 is 9.64 Å². The quantitative estimate of drug-likeness (QED) is 0.872. The number of likely N-dealkylation sites (tertiary alicyclic amines) is 1. The smallest absolute Gasteiger partial charge is 0.121 e. The van der Waals surface area contributed by atoms with Crippen LogP contribution in [0.2, 0.25) is 0 Å². The van der Waals surface area contributed by atoms with Gasteiger partial charge >= 0.3 is 0 Å². The van der Waals surface area contributed by atoms with Gasteiger partial charge in [-0.15, -0.1) is 12.4 Å². The Hall–Kier alpha value is -1.39. The fraction of sp³-hybridized carbons (Fsp3) is 0.467. The maximum atomic E-state index is 5.91. The van der Waals surface area contributed by atoms with Gasteiger partial charge in [-0.3, -0.25) is 0 Å². The number of benzene rings is 1. The summed E-state index contributed by atoms with van der Waals surface area (Å²) in [5, 5.41) is 1.05. The molecule has 0 saturated carbocycles. The molecular formula is C15H20ClN3O. The van der Waals surface area contributed by atoms with E-state index in [0.717, 1.165) is 23.3 Å². The molecular weight excluding hydrogens is 274 g/mol. The first-order valence-corrected chi connectivity index (χ1v) is 6.82. The molecule has 0 spiro atoms. The Morgan fingerprint density at radius 2 is 2.10 bits per heavy atom. The molecule has 1 aromatic carbocycles. The van der Waals surface area contributed by atoms with E-state index >= 15 is 0 Å². The Kier molecular flexibility index (Phi) is 5.15. The molecule has 0 atom stereocenters. The van der Waals surface area contributed by atoms with Crippen molar-refractivity contribution in [1.29, 1.82) is 0 Å². The van der Waals surface area contributed by atoms with E-state index in [1.807, 2.05) is 24.4 Å². The van der Waals surface area contributed by atoms with E-state index in [0.29, 0.717) is 5.92 Å². The molecule has 0 bridgehead atoms. The Labute approximate surface area is 125 Å². The summed E-state index contributed by atoms with van der Waals surface area (Å²) in [5.74, 6) is 1.59. The number of hydrogen-bond donors (Lipinski definition) is 0. The SMILES string of the molecule is CN1CCC(COc2ccc3cncnc3c2)CC1.Cl. The lowest BCUT2D eigenvalue weighted by molar-refractivity contribution is 0.160. The van der Waals surface area contributed by atoms with Gasteiger partial charge in [-0.05, 0) is 51.0 Å². The third-order valence-corrected chi connectivity index (χ3v) is 3.80. The Morgan fingerprint density at radius 1 is 1.30 bits per heavy atom. The molecule has 20 heavy (non-hydrogen) atoms. The molecule has 0 N–H and O–H groups in total. The van der Waals surface area contributed by atoms with Gasteiger partial charge in [0.05, 0.1) is 12.1 Å². The highest BCUT2D eigenvalue weighted by Gasteiger charge is 2.17. The molecule has 0 unspecified atom stereocenters. The van der Waals surface area contributed by atoms with Crippen molar-refractivity contribution in [2.45, 2.75) is 12.8 Å². The summed E-state index contributed by atoms with van der Waals surface area (Å²) >= 11 is 0. The highest BCUT2D eigenvalue weighted by Crippen LogP contribution is 2.21. The van der Waals surface area contributed by atoms with Crippen molar-refractivity contribution in [2.75, 3.05) is 26.7 Å². The number of halogens is 1. The van der Waals surface area contributed by atoms with Crippen LogP contribution in [-0.2, 0) is 0 Å². The fourth-order valence-corrected chi connectivity index (χ4v) is 2.49. The number of piperidine rings is 1. The van der Waals surface area contributed by atoms with Crippen LogP contribution in [0.5, 0.6) is 5.75 Å². The topological polar surface area (TPSA) is 38.2 Å². The number of aromatic nitrogens is 2. The molecule has 1 fully saturated rings. The van der Waals surface area contributed by atoms with Crippen LogP contribution in [0.15, 0.2) is 30.7 Å². The van der Waals surface area contributed by atoms with E-state index in [-0.39, 0.29) is 12.4 Å². The molecule has 0 radical (unpaired) electrons. The standard InChI is InChI=1S/C15H19N3O.ClH/c1-18-6-4-12(5-7-18)10-19-14-3-2-13-9-16-11-17-15(13)8-14;/h2-3,8-9,11-12H,4-7,10H2,1H3;1H. The van der Waals surface area contributed by atoms with Gasteiger partial charge in [0.25, 0.3) is 0 Å². The maximum absolute atomic E-state index is 5.91. The van der Waals surface area contributed by atoms with Crippen LogP contribution < -0.4 is 4.74 Å². The average molecular weight is 294 g/mol. The van der Waals surface area contributed by atoms with E-state index in [1.54, 1.807) is 6.33 Å². The Morgan fingerprint density at radius 3 is 2.90 bits per heavy atom. The first kappa shape index (κ1) is 15.0. The average Bonchev–Trinajstić information content (AvgIpc) is 2.46. The molecule has 0 aliphatic carbocycles. The normalized spacial score (nSPS) is 16.9. The Balaban J connectivity index is 0.00000147. The van der Waals surface area contributed by atoms with Gasteiger partial charge in [-0.25, -0.2) is 9.97 Å². The first-order valence-electron chi connectivity index (χ1n) is 6.82. The van der Waals surface area contributed by atoms with E-state index < -0.39 is 0 Å². The predicted molar refractivity (Wildman–Crippen MR) is 82.5 cm³/mol. The van der Waals surface area contributed by atoms with Crippen LogP contribution in [-0.4, -0.2) is 41.6 Å². The molecule has 108 valence electrons. The second-order valence-electron chi connectivity index (χ2n) is 5.30. The lowest BCUT2D eigenvalue weighted by Gasteiger charge is -2.28. The van der Waals surface area contributed by atoms with E-state index in [4.69, 9.17) is 4.74 Å². The molecule has 1 saturated heterocycles. The van der Waals surface area contributed by atoms with Crippen molar-refractivity contribution < 1.29 is 4.74 Å².